The molecule has 118 valence electrons. The van der Waals surface area contributed by atoms with Crippen LogP contribution in [0.25, 0.3) is 22.3 Å². The van der Waals surface area contributed by atoms with E-state index in [0.29, 0.717) is 12.4 Å². The summed E-state index contributed by atoms with van der Waals surface area (Å²) in [6.45, 7) is 0.539. The fourth-order valence-corrected chi connectivity index (χ4v) is 2.91. The molecule has 24 heavy (non-hydrogen) atoms. The molecule has 0 amide bonds. The maximum absolute atomic E-state index is 9.58. The fraction of sp³-hybridized carbons (Fsp3) is 0.100. The average molecular weight is 315 g/mol. The number of rotatable bonds is 4. The summed E-state index contributed by atoms with van der Waals surface area (Å²) < 4.78 is 1.97. The molecule has 2 aromatic carbocycles. The Kier molecular flexibility index (Phi) is 3.81. The Hall–Kier alpha value is -2.98. The Bertz CT molecular complexity index is 959. The normalized spacial score (nSPS) is 11.0. The van der Waals surface area contributed by atoms with E-state index in [9.17, 15) is 5.11 Å². The van der Waals surface area contributed by atoms with Crippen molar-refractivity contribution >= 4 is 11.2 Å². The highest BCUT2D eigenvalue weighted by Gasteiger charge is 2.11. The summed E-state index contributed by atoms with van der Waals surface area (Å²) >= 11 is 0. The largest absolute Gasteiger partial charge is 0.388 e. The van der Waals surface area contributed by atoms with Crippen LogP contribution in [0.2, 0.25) is 0 Å². The fourth-order valence-electron chi connectivity index (χ4n) is 2.91. The van der Waals surface area contributed by atoms with E-state index < -0.39 is 0 Å². The first-order chi connectivity index (χ1) is 11.8. The van der Waals surface area contributed by atoms with E-state index in [4.69, 9.17) is 0 Å². The highest BCUT2D eigenvalue weighted by Crippen LogP contribution is 2.21. The lowest BCUT2D eigenvalue weighted by Crippen LogP contribution is -2.05. The lowest BCUT2D eigenvalue weighted by molar-refractivity contribution is 0.267. The molecule has 4 heteroatoms. The summed E-state index contributed by atoms with van der Waals surface area (Å²) in [6, 6.07) is 22.5. The molecule has 0 atom stereocenters. The molecule has 0 spiro atoms. The third-order valence-corrected chi connectivity index (χ3v) is 4.13. The number of imidazole rings is 1. The van der Waals surface area contributed by atoms with Crippen molar-refractivity contribution in [1.82, 2.24) is 14.5 Å². The van der Waals surface area contributed by atoms with Gasteiger partial charge in [0.2, 0.25) is 0 Å². The van der Waals surface area contributed by atoms with Gasteiger partial charge in [0.25, 0.3) is 0 Å². The summed E-state index contributed by atoms with van der Waals surface area (Å²) in [7, 11) is 0. The Labute approximate surface area is 140 Å². The molecule has 0 unspecified atom stereocenters. The number of hydrogen-bond acceptors (Lipinski definition) is 3. The summed E-state index contributed by atoms with van der Waals surface area (Å²) in [5.41, 5.74) is 5.15. The monoisotopic (exact) mass is 315 g/mol. The van der Waals surface area contributed by atoms with E-state index in [0.717, 1.165) is 16.7 Å². The first-order valence-corrected chi connectivity index (χ1v) is 7.90. The SMILES string of the molecule is OCc1nc2cccnc2n1Cc1ccc(-c2ccccc2)cc1. The van der Waals surface area contributed by atoms with Gasteiger partial charge in [0, 0.05) is 6.20 Å². The van der Waals surface area contributed by atoms with Crippen LogP contribution in [0.1, 0.15) is 11.4 Å². The maximum Gasteiger partial charge on any atom is 0.160 e. The van der Waals surface area contributed by atoms with Crippen LogP contribution < -0.4 is 0 Å². The van der Waals surface area contributed by atoms with Crippen molar-refractivity contribution in [2.24, 2.45) is 0 Å². The predicted molar refractivity (Wildman–Crippen MR) is 94.4 cm³/mol. The molecule has 4 rings (SSSR count). The average Bonchev–Trinajstić information content (AvgIpc) is 3.01. The highest BCUT2D eigenvalue weighted by molar-refractivity contribution is 5.71. The summed E-state index contributed by atoms with van der Waals surface area (Å²) in [5.74, 6) is 0.635. The minimum atomic E-state index is -0.0988. The van der Waals surface area contributed by atoms with E-state index in [1.54, 1.807) is 6.20 Å². The molecule has 0 bridgehead atoms. The number of nitrogens with zero attached hydrogens (tertiary/aromatic N) is 3. The molecule has 0 saturated carbocycles. The molecular weight excluding hydrogens is 298 g/mol. The second kappa shape index (κ2) is 6.26. The molecule has 0 radical (unpaired) electrons. The number of aromatic nitrogens is 3. The van der Waals surface area contributed by atoms with Gasteiger partial charge in [-0.2, -0.15) is 0 Å². The molecule has 4 nitrogen and oxygen atoms in total. The van der Waals surface area contributed by atoms with Crippen molar-refractivity contribution in [1.29, 1.82) is 0 Å². The van der Waals surface area contributed by atoms with E-state index in [-0.39, 0.29) is 6.61 Å². The Balaban J connectivity index is 1.66. The molecule has 1 N–H and O–H groups in total. The van der Waals surface area contributed by atoms with E-state index in [1.807, 2.05) is 34.9 Å². The minimum Gasteiger partial charge on any atom is -0.388 e. The second-order valence-electron chi connectivity index (χ2n) is 5.68. The molecule has 2 heterocycles. The van der Waals surface area contributed by atoms with Crippen LogP contribution in [0.5, 0.6) is 0 Å². The maximum atomic E-state index is 9.58. The minimum absolute atomic E-state index is 0.0988. The van der Waals surface area contributed by atoms with E-state index >= 15 is 0 Å². The number of aliphatic hydroxyl groups is 1. The number of benzene rings is 2. The molecule has 4 aromatic rings. The summed E-state index contributed by atoms with van der Waals surface area (Å²) in [6.07, 6.45) is 1.75. The molecule has 0 aliphatic rings. The van der Waals surface area contributed by atoms with Crippen LogP contribution in [0.15, 0.2) is 72.9 Å². The summed E-state index contributed by atoms with van der Waals surface area (Å²) in [5, 5.41) is 9.58. The van der Waals surface area contributed by atoms with Gasteiger partial charge in [-0.3, -0.25) is 0 Å². The molecule has 0 fully saturated rings. The van der Waals surface area contributed by atoms with Gasteiger partial charge in [0.1, 0.15) is 17.9 Å². The van der Waals surface area contributed by atoms with Crippen LogP contribution >= 0.6 is 0 Å². The molecule has 2 aromatic heterocycles. The van der Waals surface area contributed by atoms with Gasteiger partial charge in [-0.1, -0.05) is 54.6 Å². The van der Waals surface area contributed by atoms with Gasteiger partial charge in [-0.05, 0) is 28.8 Å². The molecular formula is C20H17N3O. The standard InChI is InChI=1S/C20H17N3O/c24-14-19-22-18-7-4-12-21-20(18)23(19)13-15-8-10-17(11-9-15)16-5-2-1-3-6-16/h1-12,24H,13-14H2. The predicted octanol–water partition coefficient (Wildman–Crippen LogP) is 3.64. The smallest absolute Gasteiger partial charge is 0.160 e. The highest BCUT2D eigenvalue weighted by atomic mass is 16.3. The van der Waals surface area contributed by atoms with Gasteiger partial charge < -0.3 is 9.67 Å². The molecule has 0 saturated heterocycles. The number of fused-ring (bicyclic) bond motifs is 1. The van der Waals surface area contributed by atoms with Crippen LogP contribution in [-0.4, -0.2) is 19.6 Å². The van der Waals surface area contributed by atoms with Crippen LogP contribution in [0.3, 0.4) is 0 Å². The molecule has 0 aliphatic heterocycles. The third-order valence-electron chi connectivity index (χ3n) is 4.13. The van der Waals surface area contributed by atoms with Crippen molar-refractivity contribution in [2.75, 3.05) is 0 Å². The quantitative estimate of drug-likeness (QED) is 0.625. The van der Waals surface area contributed by atoms with E-state index in [2.05, 4.69) is 46.4 Å². The van der Waals surface area contributed by atoms with Crippen molar-refractivity contribution in [3.63, 3.8) is 0 Å². The lowest BCUT2D eigenvalue weighted by atomic mass is 10.0. The van der Waals surface area contributed by atoms with Gasteiger partial charge in [0.15, 0.2) is 5.65 Å². The topological polar surface area (TPSA) is 50.9 Å². The van der Waals surface area contributed by atoms with Gasteiger partial charge >= 0.3 is 0 Å². The number of aliphatic hydroxyl groups excluding tert-OH is 1. The van der Waals surface area contributed by atoms with Crippen LogP contribution in [0.4, 0.5) is 0 Å². The number of pyridine rings is 1. The van der Waals surface area contributed by atoms with Gasteiger partial charge in [0.05, 0.1) is 6.54 Å². The molecule has 0 aliphatic carbocycles. The van der Waals surface area contributed by atoms with Crippen LogP contribution in [-0.2, 0) is 13.2 Å². The lowest BCUT2D eigenvalue weighted by Gasteiger charge is -2.08. The Morgan fingerprint density at radius 1 is 0.833 bits per heavy atom. The van der Waals surface area contributed by atoms with Crippen LogP contribution in [0, 0.1) is 0 Å². The first kappa shape index (κ1) is 14.6. The zero-order chi connectivity index (χ0) is 16.4. The van der Waals surface area contributed by atoms with Crippen molar-refractivity contribution in [2.45, 2.75) is 13.2 Å². The van der Waals surface area contributed by atoms with Gasteiger partial charge in [-0.25, -0.2) is 9.97 Å². The zero-order valence-electron chi connectivity index (χ0n) is 13.1. The number of hydrogen-bond donors (Lipinski definition) is 1. The first-order valence-electron chi connectivity index (χ1n) is 7.90. The summed E-state index contributed by atoms with van der Waals surface area (Å²) in [4.78, 5) is 8.84. The van der Waals surface area contributed by atoms with E-state index in [1.165, 1.54) is 11.1 Å². The Morgan fingerprint density at radius 3 is 2.33 bits per heavy atom. The Morgan fingerprint density at radius 2 is 1.58 bits per heavy atom. The van der Waals surface area contributed by atoms with Crippen molar-refractivity contribution in [3.05, 3.63) is 84.3 Å². The zero-order valence-corrected chi connectivity index (χ0v) is 13.1. The van der Waals surface area contributed by atoms with Gasteiger partial charge in [-0.15, -0.1) is 0 Å². The third kappa shape index (κ3) is 2.68. The van der Waals surface area contributed by atoms with Crippen molar-refractivity contribution in [3.8, 4) is 11.1 Å². The van der Waals surface area contributed by atoms with Crippen molar-refractivity contribution < 1.29 is 5.11 Å². The second-order valence-corrected chi connectivity index (χ2v) is 5.68.